The number of likely N-dealkylation sites (tertiary alicyclic amines) is 1. The van der Waals surface area contributed by atoms with Crippen LogP contribution in [0, 0.1) is 17.5 Å². The molecule has 2 fully saturated rings. The van der Waals surface area contributed by atoms with Crippen LogP contribution in [0.5, 0.6) is 0 Å². The quantitative estimate of drug-likeness (QED) is 0.746. The molecule has 0 unspecified atom stereocenters. The number of hydrogen-bond donors (Lipinski definition) is 0. The highest BCUT2D eigenvalue weighted by Crippen LogP contribution is 2.32. The molecule has 0 N–H and O–H groups in total. The van der Waals surface area contributed by atoms with Gasteiger partial charge < -0.3 is 14.4 Å². The highest BCUT2D eigenvalue weighted by Gasteiger charge is 2.41. The van der Waals surface area contributed by atoms with Crippen molar-refractivity contribution in [1.82, 2.24) is 4.90 Å². The molecular formula is C14H14F3NO3. The molecule has 0 saturated carbocycles. The fourth-order valence-corrected chi connectivity index (χ4v) is 2.70. The zero-order chi connectivity index (χ0) is 15.0. The number of hydrogen-bond acceptors (Lipinski definition) is 3. The second-order valence-corrected chi connectivity index (χ2v) is 5.12. The van der Waals surface area contributed by atoms with Crippen LogP contribution in [0.25, 0.3) is 0 Å². The maximum absolute atomic E-state index is 13.7. The highest BCUT2D eigenvalue weighted by atomic mass is 19.2. The van der Waals surface area contributed by atoms with Crippen molar-refractivity contribution < 1.29 is 27.4 Å². The summed E-state index contributed by atoms with van der Waals surface area (Å²) in [4.78, 5) is 13.6. The average Bonchev–Trinajstić information content (AvgIpc) is 2.93. The zero-order valence-electron chi connectivity index (χ0n) is 11.2. The third kappa shape index (κ3) is 2.51. The van der Waals surface area contributed by atoms with Gasteiger partial charge in [0.15, 0.2) is 23.2 Å². The summed E-state index contributed by atoms with van der Waals surface area (Å²) < 4.78 is 50.8. The molecule has 1 amide bonds. The molecule has 0 aromatic heterocycles. The van der Waals surface area contributed by atoms with Gasteiger partial charge in [-0.15, -0.1) is 0 Å². The molecular weight excluding hydrogens is 287 g/mol. The van der Waals surface area contributed by atoms with Crippen molar-refractivity contribution in [3.63, 3.8) is 0 Å². The van der Waals surface area contributed by atoms with E-state index in [1.54, 1.807) is 0 Å². The summed E-state index contributed by atoms with van der Waals surface area (Å²) in [5.74, 6) is -5.69. The lowest BCUT2D eigenvalue weighted by molar-refractivity contribution is -0.181. The first-order valence-corrected chi connectivity index (χ1v) is 6.73. The van der Waals surface area contributed by atoms with E-state index in [4.69, 9.17) is 9.47 Å². The number of halogens is 3. The van der Waals surface area contributed by atoms with Gasteiger partial charge in [-0.05, 0) is 12.1 Å². The largest absolute Gasteiger partial charge is 0.347 e. The second-order valence-electron chi connectivity index (χ2n) is 5.12. The van der Waals surface area contributed by atoms with Gasteiger partial charge in [0.25, 0.3) is 5.91 Å². The summed E-state index contributed by atoms with van der Waals surface area (Å²) in [5, 5.41) is 0. The highest BCUT2D eigenvalue weighted by molar-refractivity contribution is 5.94. The van der Waals surface area contributed by atoms with E-state index in [-0.39, 0.29) is 0 Å². The Morgan fingerprint density at radius 2 is 1.67 bits per heavy atom. The Kier molecular flexibility index (Phi) is 3.62. The topological polar surface area (TPSA) is 38.8 Å². The lowest BCUT2D eigenvalue weighted by Gasteiger charge is -2.37. The molecule has 0 atom stereocenters. The lowest BCUT2D eigenvalue weighted by Crippen LogP contribution is -2.47. The number of amides is 1. The summed E-state index contributed by atoms with van der Waals surface area (Å²) in [5.41, 5.74) is -0.460. The Labute approximate surface area is 119 Å². The van der Waals surface area contributed by atoms with Crippen LogP contribution in [0.1, 0.15) is 23.2 Å². The SMILES string of the molecule is O=C(c1ccc(F)c(F)c1F)N1CCC2(CC1)OCCO2. The molecule has 4 nitrogen and oxygen atoms in total. The van der Waals surface area contributed by atoms with Crippen LogP contribution in [0.4, 0.5) is 13.2 Å². The third-order valence-electron chi connectivity index (χ3n) is 3.89. The summed E-state index contributed by atoms with van der Waals surface area (Å²) in [6.07, 6.45) is 0.952. The van der Waals surface area contributed by atoms with Crippen LogP contribution in [0.2, 0.25) is 0 Å². The van der Waals surface area contributed by atoms with Crippen molar-refractivity contribution in [2.45, 2.75) is 18.6 Å². The standard InChI is InChI=1S/C14H14F3NO3/c15-10-2-1-9(11(16)12(10)17)13(19)18-5-3-14(4-6-18)20-7-8-21-14/h1-2H,3-8H2. The number of ether oxygens (including phenoxy) is 2. The van der Waals surface area contributed by atoms with Crippen molar-refractivity contribution in [2.24, 2.45) is 0 Å². The number of benzene rings is 1. The van der Waals surface area contributed by atoms with Gasteiger partial charge in [0.05, 0.1) is 18.8 Å². The summed E-state index contributed by atoms with van der Waals surface area (Å²) >= 11 is 0. The minimum absolute atomic E-state index is 0.317. The Bertz CT molecular complexity index is 563. The predicted molar refractivity (Wildman–Crippen MR) is 66.1 cm³/mol. The van der Waals surface area contributed by atoms with Gasteiger partial charge in [-0.1, -0.05) is 0 Å². The molecule has 21 heavy (non-hydrogen) atoms. The molecule has 1 spiro atoms. The fraction of sp³-hybridized carbons (Fsp3) is 0.500. The number of piperidine rings is 1. The van der Waals surface area contributed by atoms with Gasteiger partial charge in [0.1, 0.15) is 0 Å². The monoisotopic (exact) mass is 301 g/mol. The Morgan fingerprint density at radius 1 is 1.05 bits per heavy atom. The van der Waals surface area contributed by atoms with Crippen LogP contribution in [-0.4, -0.2) is 42.9 Å². The molecule has 2 saturated heterocycles. The normalized spacial score (nSPS) is 21.0. The van der Waals surface area contributed by atoms with E-state index >= 15 is 0 Å². The van der Waals surface area contributed by atoms with Gasteiger partial charge >= 0.3 is 0 Å². The van der Waals surface area contributed by atoms with Crippen molar-refractivity contribution >= 4 is 5.91 Å². The first-order chi connectivity index (χ1) is 10.0. The molecule has 114 valence electrons. The third-order valence-corrected chi connectivity index (χ3v) is 3.89. The fourth-order valence-electron chi connectivity index (χ4n) is 2.70. The predicted octanol–water partition coefficient (Wildman–Crippen LogP) is 2.08. The van der Waals surface area contributed by atoms with Gasteiger partial charge in [-0.2, -0.15) is 0 Å². The molecule has 0 aliphatic carbocycles. The molecule has 2 aliphatic rings. The molecule has 2 aliphatic heterocycles. The lowest BCUT2D eigenvalue weighted by atomic mass is 10.0. The van der Waals surface area contributed by atoms with E-state index in [0.717, 1.165) is 12.1 Å². The Hall–Kier alpha value is -1.60. The van der Waals surface area contributed by atoms with E-state index in [1.807, 2.05) is 0 Å². The number of rotatable bonds is 1. The van der Waals surface area contributed by atoms with E-state index in [9.17, 15) is 18.0 Å². The van der Waals surface area contributed by atoms with Crippen LogP contribution in [0.15, 0.2) is 12.1 Å². The smallest absolute Gasteiger partial charge is 0.256 e. The maximum Gasteiger partial charge on any atom is 0.256 e. The van der Waals surface area contributed by atoms with Crippen LogP contribution in [0.3, 0.4) is 0 Å². The molecule has 1 aromatic rings. The van der Waals surface area contributed by atoms with Gasteiger partial charge in [-0.25, -0.2) is 13.2 Å². The van der Waals surface area contributed by atoms with E-state index in [0.29, 0.717) is 39.1 Å². The summed E-state index contributed by atoms with van der Waals surface area (Å²) in [6.45, 7) is 1.67. The number of carbonyl (C=O) groups excluding carboxylic acids is 1. The van der Waals surface area contributed by atoms with Gasteiger partial charge in [-0.3, -0.25) is 4.79 Å². The Morgan fingerprint density at radius 3 is 2.29 bits per heavy atom. The molecule has 3 rings (SSSR count). The second kappa shape index (κ2) is 5.31. The Balaban J connectivity index is 1.74. The summed E-state index contributed by atoms with van der Waals surface area (Å²) in [7, 11) is 0. The van der Waals surface area contributed by atoms with Gasteiger partial charge in [0.2, 0.25) is 0 Å². The minimum Gasteiger partial charge on any atom is -0.347 e. The van der Waals surface area contributed by atoms with Crippen LogP contribution in [-0.2, 0) is 9.47 Å². The van der Waals surface area contributed by atoms with Crippen LogP contribution < -0.4 is 0 Å². The number of nitrogens with zero attached hydrogens (tertiary/aromatic N) is 1. The van der Waals surface area contributed by atoms with Gasteiger partial charge in [0, 0.05) is 25.9 Å². The molecule has 0 radical (unpaired) electrons. The molecule has 0 bridgehead atoms. The van der Waals surface area contributed by atoms with E-state index < -0.39 is 34.7 Å². The molecule has 2 heterocycles. The minimum atomic E-state index is -1.63. The van der Waals surface area contributed by atoms with E-state index in [1.165, 1.54) is 4.90 Å². The number of carbonyl (C=O) groups is 1. The van der Waals surface area contributed by atoms with Crippen molar-refractivity contribution in [3.05, 3.63) is 35.1 Å². The van der Waals surface area contributed by atoms with Crippen LogP contribution >= 0.6 is 0 Å². The first kappa shape index (κ1) is 14.3. The van der Waals surface area contributed by atoms with Crippen molar-refractivity contribution in [2.75, 3.05) is 26.3 Å². The van der Waals surface area contributed by atoms with Crippen molar-refractivity contribution in [3.8, 4) is 0 Å². The maximum atomic E-state index is 13.7. The summed E-state index contributed by atoms with van der Waals surface area (Å²) in [6, 6.07) is 1.71. The molecule has 1 aromatic carbocycles. The van der Waals surface area contributed by atoms with Crippen molar-refractivity contribution in [1.29, 1.82) is 0 Å². The zero-order valence-corrected chi connectivity index (χ0v) is 11.2. The first-order valence-electron chi connectivity index (χ1n) is 6.73. The molecule has 7 heteroatoms. The van der Waals surface area contributed by atoms with E-state index in [2.05, 4.69) is 0 Å². The average molecular weight is 301 g/mol.